The summed E-state index contributed by atoms with van der Waals surface area (Å²) in [6.07, 6.45) is 0. The van der Waals surface area contributed by atoms with Gasteiger partial charge in [-0.2, -0.15) is 0 Å². The van der Waals surface area contributed by atoms with Gasteiger partial charge in [-0.15, -0.1) is 0 Å². The van der Waals surface area contributed by atoms with Gasteiger partial charge in [-0.05, 0) is 29.8 Å². The third-order valence-corrected chi connectivity index (χ3v) is 3.79. The SMILES string of the molecule is CC(C)c1ccccc1N(C)C(=S)NCC(C)(C)CO. The number of aliphatic hydroxyl groups excluding tert-OH is 1. The Morgan fingerprint density at radius 3 is 2.50 bits per heavy atom. The molecule has 0 aromatic heterocycles. The summed E-state index contributed by atoms with van der Waals surface area (Å²) in [5.74, 6) is 0.449. The largest absolute Gasteiger partial charge is 0.396 e. The molecule has 0 bridgehead atoms. The minimum Gasteiger partial charge on any atom is -0.396 e. The average Bonchev–Trinajstić information content (AvgIpc) is 2.44. The number of rotatable bonds is 5. The van der Waals surface area contributed by atoms with Crippen molar-refractivity contribution in [1.29, 1.82) is 0 Å². The first-order chi connectivity index (χ1) is 9.28. The van der Waals surface area contributed by atoms with Gasteiger partial charge >= 0.3 is 0 Å². The number of para-hydroxylation sites is 1. The predicted molar refractivity (Wildman–Crippen MR) is 90.4 cm³/mol. The van der Waals surface area contributed by atoms with Crippen LogP contribution in [-0.4, -0.2) is 30.4 Å². The van der Waals surface area contributed by atoms with Crippen LogP contribution in [0.15, 0.2) is 24.3 Å². The van der Waals surface area contributed by atoms with Gasteiger partial charge in [0.05, 0.1) is 0 Å². The predicted octanol–water partition coefficient (Wildman–Crippen LogP) is 3.14. The summed E-state index contributed by atoms with van der Waals surface area (Å²) < 4.78 is 0. The van der Waals surface area contributed by atoms with Gasteiger partial charge in [0.1, 0.15) is 0 Å². The highest BCUT2D eigenvalue weighted by Crippen LogP contribution is 2.26. The molecule has 0 aliphatic heterocycles. The second kappa shape index (κ2) is 7.04. The van der Waals surface area contributed by atoms with E-state index in [4.69, 9.17) is 12.2 Å². The molecule has 0 fully saturated rings. The molecule has 112 valence electrons. The van der Waals surface area contributed by atoms with Crippen molar-refractivity contribution in [3.05, 3.63) is 29.8 Å². The molecule has 20 heavy (non-hydrogen) atoms. The molecule has 3 nitrogen and oxygen atoms in total. The molecule has 0 aliphatic carbocycles. The molecule has 2 N–H and O–H groups in total. The minimum absolute atomic E-state index is 0.134. The van der Waals surface area contributed by atoms with E-state index in [1.165, 1.54) is 5.56 Å². The first-order valence-electron chi connectivity index (χ1n) is 7.00. The van der Waals surface area contributed by atoms with Gasteiger partial charge in [0.15, 0.2) is 5.11 Å². The van der Waals surface area contributed by atoms with Crippen molar-refractivity contribution in [2.45, 2.75) is 33.6 Å². The zero-order valence-electron chi connectivity index (χ0n) is 13.1. The quantitative estimate of drug-likeness (QED) is 0.818. The Balaban J connectivity index is 2.80. The molecule has 0 radical (unpaired) electrons. The fourth-order valence-electron chi connectivity index (χ4n) is 1.88. The third kappa shape index (κ3) is 4.46. The number of aliphatic hydroxyl groups is 1. The number of hydrogen-bond acceptors (Lipinski definition) is 2. The van der Waals surface area contributed by atoms with Gasteiger partial charge in [0, 0.05) is 31.3 Å². The van der Waals surface area contributed by atoms with E-state index in [2.05, 4.69) is 37.4 Å². The maximum atomic E-state index is 9.28. The van der Waals surface area contributed by atoms with Crippen LogP contribution in [-0.2, 0) is 0 Å². The zero-order chi connectivity index (χ0) is 15.3. The summed E-state index contributed by atoms with van der Waals surface area (Å²) >= 11 is 5.45. The Labute approximate surface area is 128 Å². The van der Waals surface area contributed by atoms with E-state index in [0.29, 0.717) is 17.6 Å². The van der Waals surface area contributed by atoms with E-state index in [1.807, 2.05) is 31.9 Å². The second-order valence-electron chi connectivity index (χ2n) is 6.25. The Morgan fingerprint density at radius 2 is 1.95 bits per heavy atom. The molecule has 4 heteroatoms. The Kier molecular flexibility index (Phi) is 5.96. The Morgan fingerprint density at radius 1 is 1.35 bits per heavy atom. The number of nitrogens with zero attached hydrogens (tertiary/aromatic N) is 1. The topological polar surface area (TPSA) is 35.5 Å². The van der Waals surface area contributed by atoms with E-state index >= 15 is 0 Å². The Bertz CT molecular complexity index is 458. The molecule has 1 aromatic rings. The highest BCUT2D eigenvalue weighted by Gasteiger charge is 2.18. The lowest BCUT2D eigenvalue weighted by molar-refractivity contribution is 0.162. The lowest BCUT2D eigenvalue weighted by Gasteiger charge is -2.28. The van der Waals surface area contributed by atoms with Crippen molar-refractivity contribution in [2.24, 2.45) is 5.41 Å². The van der Waals surface area contributed by atoms with Gasteiger partial charge in [-0.3, -0.25) is 0 Å². The summed E-state index contributed by atoms with van der Waals surface area (Å²) in [5, 5.41) is 13.2. The normalized spacial score (nSPS) is 11.6. The summed E-state index contributed by atoms with van der Waals surface area (Å²) in [7, 11) is 1.97. The van der Waals surface area contributed by atoms with Crippen LogP contribution in [0.5, 0.6) is 0 Å². The minimum atomic E-state index is -0.178. The lowest BCUT2D eigenvalue weighted by atomic mass is 9.95. The van der Waals surface area contributed by atoms with E-state index in [-0.39, 0.29) is 12.0 Å². The molecule has 0 unspecified atom stereocenters. The van der Waals surface area contributed by atoms with Crippen LogP contribution in [0.1, 0.15) is 39.2 Å². The molecule has 0 saturated carbocycles. The number of benzene rings is 1. The van der Waals surface area contributed by atoms with Crippen LogP contribution in [0.2, 0.25) is 0 Å². The third-order valence-electron chi connectivity index (χ3n) is 3.37. The molecule has 0 amide bonds. The number of anilines is 1. The number of thiocarbonyl (C=S) groups is 1. The summed E-state index contributed by atoms with van der Waals surface area (Å²) in [4.78, 5) is 2.00. The van der Waals surface area contributed by atoms with E-state index in [1.54, 1.807) is 0 Å². The zero-order valence-corrected chi connectivity index (χ0v) is 13.9. The Hall–Kier alpha value is -1.13. The van der Waals surface area contributed by atoms with Gasteiger partial charge in [-0.25, -0.2) is 0 Å². The van der Waals surface area contributed by atoms with Gasteiger partial charge in [-0.1, -0.05) is 45.9 Å². The van der Waals surface area contributed by atoms with Crippen molar-refractivity contribution < 1.29 is 5.11 Å². The molecule has 0 atom stereocenters. The molecular formula is C16H26N2OS. The maximum absolute atomic E-state index is 9.28. The highest BCUT2D eigenvalue weighted by molar-refractivity contribution is 7.80. The molecule has 0 aliphatic rings. The summed E-state index contributed by atoms with van der Waals surface area (Å²) in [5.41, 5.74) is 2.23. The first kappa shape index (κ1) is 16.9. The number of nitrogens with one attached hydrogen (secondary N) is 1. The summed E-state index contributed by atoms with van der Waals surface area (Å²) in [6, 6.07) is 8.30. The molecule has 1 rings (SSSR count). The van der Waals surface area contributed by atoms with E-state index < -0.39 is 0 Å². The van der Waals surface area contributed by atoms with Crippen molar-refractivity contribution in [3.63, 3.8) is 0 Å². The monoisotopic (exact) mass is 294 g/mol. The molecule has 0 saturated heterocycles. The maximum Gasteiger partial charge on any atom is 0.173 e. The van der Waals surface area contributed by atoms with Crippen LogP contribution in [0.3, 0.4) is 0 Å². The number of hydrogen-bond donors (Lipinski definition) is 2. The van der Waals surface area contributed by atoms with Gasteiger partial charge in [0.2, 0.25) is 0 Å². The van der Waals surface area contributed by atoms with E-state index in [0.717, 1.165) is 5.69 Å². The molecular weight excluding hydrogens is 268 g/mol. The van der Waals surface area contributed by atoms with Crippen LogP contribution >= 0.6 is 12.2 Å². The lowest BCUT2D eigenvalue weighted by Crippen LogP contribution is -2.43. The average molecular weight is 294 g/mol. The van der Waals surface area contributed by atoms with E-state index in [9.17, 15) is 5.11 Å². The van der Waals surface area contributed by atoms with Crippen molar-refractivity contribution in [2.75, 3.05) is 25.1 Å². The molecule has 0 spiro atoms. The standard InChI is InChI=1S/C16H26N2OS/c1-12(2)13-8-6-7-9-14(13)18(5)15(20)17-10-16(3,4)11-19/h6-9,12,19H,10-11H2,1-5H3,(H,17,20). The molecule has 1 aromatic carbocycles. The highest BCUT2D eigenvalue weighted by atomic mass is 32.1. The van der Waals surface area contributed by atoms with Crippen LogP contribution in [0.4, 0.5) is 5.69 Å². The fourth-order valence-corrected chi connectivity index (χ4v) is 2.05. The summed E-state index contributed by atoms with van der Waals surface area (Å²) in [6.45, 7) is 9.15. The van der Waals surface area contributed by atoms with Crippen molar-refractivity contribution in [1.82, 2.24) is 5.32 Å². The second-order valence-corrected chi connectivity index (χ2v) is 6.64. The van der Waals surface area contributed by atoms with Crippen LogP contribution in [0.25, 0.3) is 0 Å². The van der Waals surface area contributed by atoms with Crippen molar-refractivity contribution >= 4 is 23.0 Å². The fraction of sp³-hybridized carbons (Fsp3) is 0.562. The molecule has 0 heterocycles. The van der Waals surface area contributed by atoms with Crippen molar-refractivity contribution in [3.8, 4) is 0 Å². The van der Waals surface area contributed by atoms with Crippen LogP contribution in [0, 0.1) is 5.41 Å². The first-order valence-corrected chi connectivity index (χ1v) is 7.40. The van der Waals surface area contributed by atoms with Crippen LogP contribution < -0.4 is 10.2 Å². The van der Waals surface area contributed by atoms with Gasteiger partial charge < -0.3 is 15.3 Å². The smallest absolute Gasteiger partial charge is 0.173 e. The van der Waals surface area contributed by atoms with Gasteiger partial charge in [0.25, 0.3) is 0 Å².